The van der Waals surface area contributed by atoms with Gasteiger partial charge < -0.3 is 0 Å². The van der Waals surface area contributed by atoms with E-state index in [1.807, 2.05) is 18.2 Å². The quantitative estimate of drug-likeness (QED) is 0.763. The molecule has 0 N–H and O–H groups in total. The molecule has 2 aromatic rings. The molecule has 0 radical (unpaired) electrons. The number of carbonyl (C=O) groups is 1. The predicted molar refractivity (Wildman–Crippen MR) is 92.1 cm³/mol. The highest BCUT2D eigenvalue weighted by atomic mass is 35.5. The van der Waals surface area contributed by atoms with Gasteiger partial charge in [-0.15, -0.1) is 0 Å². The van der Waals surface area contributed by atoms with Crippen molar-refractivity contribution in [3.63, 3.8) is 0 Å². The van der Waals surface area contributed by atoms with Crippen molar-refractivity contribution in [1.82, 2.24) is 14.9 Å². The zero-order chi connectivity index (χ0) is 16.9. The van der Waals surface area contributed by atoms with E-state index in [0.717, 1.165) is 5.69 Å². The van der Waals surface area contributed by atoms with Crippen molar-refractivity contribution in [3.05, 3.63) is 58.3 Å². The Hall–Kier alpha value is -2.15. The number of rotatable bonds is 5. The number of guanidine groups is 1. The van der Waals surface area contributed by atoms with Crippen LogP contribution in [0.3, 0.4) is 0 Å². The van der Waals surface area contributed by atoms with Crippen molar-refractivity contribution in [2.75, 3.05) is 13.1 Å². The smallest absolute Gasteiger partial charge is 0.233 e. The number of hydrogen-bond donors (Lipinski definition) is 0. The molecule has 6 nitrogen and oxygen atoms in total. The van der Waals surface area contributed by atoms with Gasteiger partial charge in [0.05, 0.1) is 22.9 Å². The number of hydroxylamine groups is 2. The van der Waals surface area contributed by atoms with Gasteiger partial charge in [-0.25, -0.2) is 10.1 Å². The Morgan fingerprint density at radius 1 is 1.25 bits per heavy atom. The minimum Gasteiger partial charge on any atom is -0.281 e. The van der Waals surface area contributed by atoms with Gasteiger partial charge in [0.2, 0.25) is 12.4 Å². The number of amides is 1. The first-order chi connectivity index (χ1) is 11.7. The lowest BCUT2D eigenvalue weighted by molar-refractivity contribution is -0.115. The van der Waals surface area contributed by atoms with E-state index in [2.05, 4.69) is 9.98 Å². The van der Waals surface area contributed by atoms with E-state index in [1.165, 1.54) is 4.90 Å². The van der Waals surface area contributed by atoms with Gasteiger partial charge in [-0.1, -0.05) is 29.3 Å². The number of halogens is 2. The molecule has 1 fully saturated rings. The highest BCUT2D eigenvalue weighted by Crippen LogP contribution is 2.29. The first kappa shape index (κ1) is 16.7. The molecule has 0 spiro atoms. The van der Waals surface area contributed by atoms with Crippen molar-refractivity contribution >= 4 is 41.3 Å². The first-order valence-electron chi connectivity index (χ1n) is 7.23. The molecule has 0 aliphatic carbocycles. The number of nitrogens with zero attached hydrogens (tertiary/aromatic N) is 4. The average molecular weight is 365 g/mol. The summed E-state index contributed by atoms with van der Waals surface area (Å²) in [6.07, 6.45) is 2.41. The maximum absolute atomic E-state index is 11.3. The molecule has 1 aliphatic heterocycles. The second kappa shape index (κ2) is 7.61. The topological polar surface area (TPSA) is 58.0 Å². The van der Waals surface area contributed by atoms with Crippen LogP contribution in [0.2, 0.25) is 10.0 Å². The summed E-state index contributed by atoms with van der Waals surface area (Å²) in [7, 11) is 0. The minimum absolute atomic E-state index is 0.274. The lowest BCUT2D eigenvalue weighted by Gasteiger charge is -2.19. The van der Waals surface area contributed by atoms with E-state index >= 15 is 0 Å². The lowest BCUT2D eigenvalue weighted by atomic mass is 10.3. The Bertz CT molecular complexity index is 755. The number of hydrogen-bond acceptors (Lipinski definition) is 4. The summed E-state index contributed by atoms with van der Waals surface area (Å²) in [5, 5.41) is 2.50. The zero-order valence-electron chi connectivity index (χ0n) is 12.6. The van der Waals surface area contributed by atoms with Gasteiger partial charge in [-0.2, -0.15) is 0 Å². The summed E-state index contributed by atoms with van der Waals surface area (Å²) in [5.41, 5.74) is 1.25. The van der Waals surface area contributed by atoms with Crippen LogP contribution in [0.15, 0.2) is 47.6 Å². The molecule has 0 bridgehead atoms. The van der Waals surface area contributed by atoms with Crippen LogP contribution in [0.5, 0.6) is 0 Å². The summed E-state index contributed by atoms with van der Waals surface area (Å²) in [6.45, 7) is 1.25. The van der Waals surface area contributed by atoms with E-state index < -0.39 is 0 Å². The van der Waals surface area contributed by atoms with Gasteiger partial charge in [0.1, 0.15) is 6.61 Å². The summed E-state index contributed by atoms with van der Waals surface area (Å²) in [4.78, 5) is 27.1. The van der Waals surface area contributed by atoms with E-state index in [4.69, 9.17) is 28.0 Å². The number of pyridine rings is 1. The van der Waals surface area contributed by atoms with E-state index in [9.17, 15) is 4.79 Å². The monoisotopic (exact) mass is 364 g/mol. The first-order valence-corrected chi connectivity index (χ1v) is 7.99. The molecule has 1 aromatic heterocycles. The van der Waals surface area contributed by atoms with Gasteiger partial charge in [0, 0.05) is 17.8 Å². The number of carbonyl (C=O) groups excluding carboxylic acids is 1. The van der Waals surface area contributed by atoms with Crippen molar-refractivity contribution in [2.24, 2.45) is 4.99 Å². The van der Waals surface area contributed by atoms with Gasteiger partial charge in [-0.05, 0) is 30.3 Å². The molecule has 1 aliphatic rings. The molecule has 24 heavy (non-hydrogen) atoms. The highest BCUT2D eigenvalue weighted by Gasteiger charge is 2.27. The standard InChI is InChI=1S/C16H14Cl2N4O2/c17-12-4-5-14(18)15(9-12)20-16-21(11-23)7-8-22(16)24-10-13-3-1-2-6-19-13/h1-6,9,11H,7-8,10H2. The fourth-order valence-electron chi connectivity index (χ4n) is 2.19. The normalized spacial score (nSPS) is 16.0. The van der Waals surface area contributed by atoms with Crippen molar-refractivity contribution in [1.29, 1.82) is 0 Å². The van der Waals surface area contributed by atoms with E-state index in [0.29, 0.717) is 41.2 Å². The average Bonchev–Trinajstić information content (AvgIpc) is 2.99. The van der Waals surface area contributed by atoms with Crippen LogP contribution in [0.25, 0.3) is 0 Å². The van der Waals surface area contributed by atoms with Crippen LogP contribution >= 0.6 is 23.2 Å². The molecule has 1 amide bonds. The molecule has 8 heteroatoms. The molecule has 0 atom stereocenters. The fourth-order valence-corrected chi connectivity index (χ4v) is 2.52. The highest BCUT2D eigenvalue weighted by molar-refractivity contribution is 6.35. The van der Waals surface area contributed by atoms with Gasteiger partial charge in [0.25, 0.3) is 0 Å². The summed E-state index contributed by atoms with van der Waals surface area (Å²) >= 11 is 12.1. The second-order valence-corrected chi connectivity index (χ2v) is 5.85. The third-order valence-corrected chi connectivity index (χ3v) is 3.93. The van der Waals surface area contributed by atoms with Gasteiger partial charge in [-0.3, -0.25) is 19.5 Å². The van der Waals surface area contributed by atoms with Crippen LogP contribution in [0.4, 0.5) is 5.69 Å². The number of aliphatic imine (C=N–C) groups is 1. The second-order valence-electron chi connectivity index (χ2n) is 5.00. The molecule has 0 saturated carbocycles. The van der Waals surface area contributed by atoms with Crippen molar-refractivity contribution in [2.45, 2.75) is 6.61 Å². The number of aromatic nitrogens is 1. The number of benzene rings is 1. The molecule has 2 heterocycles. The summed E-state index contributed by atoms with van der Waals surface area (Å²) in [6, 6.07) is 10.5. The Kier molecular flexibility index (Phi) is 5.30. The molecule has 3 rings (SSSR count). The summed E-state index contributed by atoms with van der Waals surface area (Å²) < 4.78 is 0. The lowest BCUT2D eigenvalue weighted by Crippen LogP contribution is -2.32. The fraction of sp³-hybridized carbons (Fsp3) is 0.188. The molecule has 0 unspecified atom stereocenters. The third kappa shape index (κ3) is 3.84. The largest absolute Gasteiger partial charge is 0.281 e. The van der Waals surface area contributed by atoms with Gasteiger partial charge in [0.15, 0.2) is 0 Å². The van der Waals surface area contributed by atoms with Crippen molar-refractivity contribution < 1.29 is 9.63 Å². The molecule has 1 saturated heterocycles. The molecular weight excluding hydrogens is 351 g/mol. The van der Waals surface area contributed by atoms with Gasteiger partial charge >= 0.3 is 0 Å². The van der Waals surface area contributed by atoms with E-state index in [1.54, 1.807) is 29.5 Å². The third-order valence-electron chi connectivity index (χ3n) is 3.37. The molecular formula is C16H14Cl2N4O2. The Morgan fingerprint density at radius 3 is 2.88 bits per heavy atom. The van der Waals surface area contributed by atoms with Crippen LogP contribution in [0.1, 0.15) is 5.69 Å². The Labute approximate surface area is 149 Å². The van der Waals surface area contributed by atoms with Crippen LogP contribution in [0, 0.1) is 0 Å². The van der Waals surface area contributed by atoms with Crippen LogP contribution in [-0.4, -0.2) is 40.4 Å². The minimum atomic E-state index is 0.274. The van der Waals surface area contributed by atoms with Crippen LogP contribution in [-0.2, 0) is 16.2 Å². The van der Waals surface area contributed by atoms with Crippen LogP contribution < -0.4 is 0 Å². The SMILES string of the molecule is O=CN1CCN(OCc2ccccn2)C1=Nc1cc(Cl)ccc1Cl. The molecule has 1 aromatic carbocycles. The maximum atomic E-state index is 11.3. The summed E-state index contributed by atoms with van der Waals surface area (Å²) in [5.74, 6) is 0.366. The Morgan fingerprint density at radius 2 is 2.12 bits per heavy atom. The Balaban J connectivity index is 1.82. The maximum Gasteiger partial charge on any atom is 0.233 e. The zero-order valence-corrected chi connectivity index (χ0v) is 14.1. The van der Waals surface area contributed by atoms with Crippen molar-refractivity contribution in [3.8, 4) is 0 Å². The van der Waals surface area contributed by atoms with E-state index in [-0.39, 0.29) is 6.61 Å². The molecule has 124 valence electrons. The predicted octanol–water partition coefficient (Wildman–Crippen LogP) is 3.28.